The van der Waals surface area contributed by atoms with Gasteiger partial charge >= 0.3 is 0 Å². The van der Waals surface area contributed by atoms with Crippen LogP contribution in [0, 0.1) is 5.82 Å². The Hall–Kier alpha value is -3.92. The van der Waals surface area contributed by atoms with Crippen LogP contribution in [0.4, 0.5) is 4.39 Å². The Balaban J connectivity index is 1.18. The SMILES string of the molecule is O=C(Cn1cnc2ccc(F)cc2c1=O)N1CCN(Cc2nc(-c3ccccc3)no2)CC1. The quantitative estimate of drug-likeness (QED) is 0.460. The zero-order valence-electron chi connectivity index (χ0n) is 17.7. The molecule has 33 heavy (non-hydrogen) atoms. The lowest BCUT2D eigenvalue weighted by molar-refractivity contribution is -0.133. The third-order valence-corrected chi connectivity index (χ3v) is 5.68. The first-order valence-electron chi connectivity index (χ1n) is 10.6. The lowest BCUT2D eigenvalue weighted by atomic mass is 10.2. The van der Waals surface area contributed by atoms with Gasteiger partial charge in [-0.25, -0.2) is 9.37 Å². The summed E-state index contributed by atoms with van der Waals surface area (Å²) in [6.45, 7) is 2.69. The molecule has 0 bridgehead atoms. The molecule has 168 valence electrons. The smallest absolute Gasteiger partial charge is 0.261 e. The molecule has 1 aliphatic heterocycles. The van der Waals surface area contributed by atoms with Gasteiger partial charge in [0, 0.05) is 31.7 Å². The number of halogens is 1. The highest BCUT2D eigenvalue weighted by molar-refractivity contribution is 5.79. The van der Waals surface area contributed by atoms with Crippen LogP contribution in [0.1, 0.15) is 5.89 Å². The Bertz CT molecular complexity index is 1350. The van der Waals surface area contributed by atoms with Gasteiger partial charge < -0.3 is 9.42 Å². The van der Waals surface area contributed by atoms with Gasteiger partial charge in [-0.3, -0.25) is 19.1 Å². The van der Waals surface area contributed by atoms with Gasteiger partial charge in [-0.2, -0.15) is 4.98 Å². The van der Waals surface area contributed by atoms with Crippen molar-refractivity contribution < 1.29 is 13.7 Å². The van der Waals surface area contributed by atoms with Crippen LogP contribution in [0.15, 0.2) is 64.2 Å². The number of amides is 1. The first kappa shape index (κ1) is 21.0. The number of hydrogen-bond acceptors (Lipinski definition) is 7. The number of rotatable bonds is 5. The van der Waals surface area contributed by atoms with Crippen LogP contribution in [0.2, 0.25) is 0 Å². The van der Waals surface area contributed by atoms with Crippen LogP contribution in [-0.2, 0) is 17.9 Å². The highest BCUT2D eigenvalue weighted by Crippen LogP contribution is 2.16. The maximum absolute atomic E-state index is 13.5. The van der Waals surface area contributed by atoms with Gasteiger partial charge in [-0.05, 0) is 18.2 Å². The van der Waals surface area contributed by atoms with Gasteiger partial charge in [-0.15, -0.1) is 0 Å². The number of carbonyl (C=O) groups is 1. The van der Waals surface area contributed by atoms with Crippen molar-refractivity contribution in [2.45, 2.75) is 13.1 Å². The van der Waals surface area contributed by atoms with Crippen molar-refractivity contribution in [1.82, 2.24) is 29.5 Å². The summed E-state index contributed by atoms with van der Waals surface area (Å²) in [5, 5.41) is 4.20. The lowest BCUT2D eigenvalue weighted by Gasteiger charge is -2.34. The lowest BCUT2D eigenvalue weighted by Crippen LogP contribution is -2.49. The molecule has 10 heteroatoms. The molecule has 1 amide bonds. The summed E-state index contributed by atoms with van der Waals surface area (Å²) in [6, 6.07) is 13.5. The first-order valence-corrected chi connectivity index (χ1v) is 10.6. The highest BCUT2D eigenvalue weighted by atomic mass is 19.1. The molecule has 1 aliphatic rings. The topological polar surface area (TPSA) is 97.4 Å². The van der Waals surface area contributed by atoms with Gasteiger partial charge in [0.2, 0.25) is 17.6 Å². The number of carbonyl (C=O) groups excluding carboxylic acids is 1. The maximum Gasteiger partial charge on any atom is 0.261 e. The molecule has 0 saturated carbocycles. The Morgan fingerprint density at radius 2 is 1.85 bits per heavy atom. The van der Waals surface area contributed by atoms with Crippen molar-refractivity contribution in [1.29, 1.82) is 0 Å². The molecular weight excluding hydrogens is 427 g/mol. The van der Waals surface area contributed by atoms with Crippen molar-refractivity contribution in [3.8, 4) is 11.4 Å². The summed E-state index contributed by atoms with van der Waals surface area (Å²) in [4.78, 5) is 37.8. The molecule has 0 N–H and O–H groups in total. The van der Waals surface area contributed by atoms with E-state index in [1.807, 2.05) is 30.3 Å². The minimum atomic E-state index is -0.515. The van der Waals surface area contributed by atoms with E-state index in [9.17, 15) is 14.0 Å². The third-order valence-electron chi connectivity index (χ3n) is 5.68. The van der Waals surface area contributed by atoms with Crippen LogP contribution in [0.3, 0.4) is 0 Å². The van der Waals surface area contributed by atoms with E-state index in [1.165, 1.54) is 23.0 Å². The summed E-state index contributed by atoms with van der Waals surface area (Å²) >= 11 is 0. The number of hydrogen-bond donors (Lipinski definition) is 0. The largest absolute Gasteiger partial charge is 0.339 e. The van der Waals surface area contributed by atoms with Gasteiger partial charge in [0.25, 0.3) is 5.56 Å². The van der Waals surface area contributed by atoms with E-state index in [1.54, 1.807) is 4.90 Å². The van der Waals surface area contributed by atoms with E-state index in [-0.39, 0.29) is 17.8 Å². The van der Waals surface area contributed by atoms with Crippen LogP contribution >= 0.6 is 0 Å². The normalized spacial score (nSPS) is 14.6. The Kier molecular flexibility index (Phi) is 5.66. The van der Waals surface area contributed by atoms with Gasteiger partial charge in [-0.1, -0.05) is 35.5 Å². The van der Waals surface area contributed by atoms with Gasteiger partial charge in [0.1, 0.15) is 12.4 Å². The second-order valence-electron chi connectivity index (χ2n) is 7.87. The van der Waals surface area contributed by atoms with Gasteiger partial charge in [0.05, 0.1) is 23.8 Å². The van der Waals surface area contributed by atoms with E-state index in [0.717, 1.165) is 11.6 Å². The van der Waals surface area contributed by atoms with Crippen molar-refractivity contribution in [2.75, 3.05) is 26.2 Å². The standard InChI is InChI=1S/C23H21FN6O3/c24-17-6-7-19-18(12-17)23(32)30(15-25-19)14-21(31)29-10-8-28(9-11-29)13-20-26-22(27-33-20)16-4-2-1-3-5-16/h1-7,12,15H,8-11,13-14H2. The minimum absolute atomic E-state index is 0.137. The number of nitrogens with zero attached hydrogens (tertiary/aromatic N) is 6. The van der Waals surface area contributed by atoms with Crippen LogP contribution < -0.4 is 5.56 Å². The summed E-state index contributed by atoms with van der Waals surface area (Å²) in [6.07, 6.45) is 1.33. The molecule has 2 aromatic carbocycles. The number of piperazine rings is 1. The van der Waals surface area contributed by atoms with E-state index in [0.29, 0.717) is 50.0 Å². The monoisotopic (exact) mass is 448 g/mol. The van der Waals surface area contributed by atoms with E-state index in [4.69, 9.17) is 4.52 Å². The summed E-state index contributed by atoms with van der Waals surface area (Å²) in [7, 11) is 0. The predicted molar refractivity (Wildman–Crippen MR) is 118 cm³/mol. The molecule has 9 nitrogen and oxygen atoms in total. The van der Waals surface area contributed by atoms with E-state index < -0.39 is 11.4 Å². The van der Waals surface area contributed by atoms with Crippen molar-refractivity contribution in [2.24, 2.45) is 0 Å². The molecule has 0 radical (unpaired) electrons. The predicted octanol–water partition coefficient (Wildman–Crippen LogP) is 1.93. The highest BCUT2D eigenvalue weighted by Gasteiger charge is 2.23. The average molecular weight is 448 g/mol. The number of fused-ring (bicyclic) bond motifs is 1. The van der Waals surface area contributed by atoms with E-state index >= 15 is 0 Å². The summed E-state index contributed by atoms with van der Waals surface area (Å²) in [5.41, 5.74) is 0.858. The van der Waals surface area contributed by atoms with Crippen LogP contribution in [0.25, 0.3) is 22.3 Å². The summed E-state index contributed by atoms with van der Waals surface area (Å²) < 4.78 is 20.1. The molecule has 0 spiro atoms. The maximum atomic E-state index is 13.5. The Labute approximate surface area is 188 Å². The van der Waals surface area contributed by atoms with Gasteiger partial charge in [0.15, 0.2) is 0 Å². The molecule has 0 aliphatic carbocycles. The fourth-order valence-electron chi connectivity index (χ4n) is 3.86. The minimum Gasteiger partial charge on any atom is -0.339 e. The fraction of sp³-hybridized carbons (Fsp3) is 0.261. The van der Waals surface area contributed by atoms with E-state index in [2.05, 4.69) is 20.0 Å². The van der Waals surface area contributed by atoms with Crippen molar-refractivity contribution >= 4 is 16.8 Å². The third kappa shape index (κ3) is 4.51. The molecule has 1 fully saturated rings. The molecule has 5 rings (SSSR count). The average Bonchev–Trinajstić information content (AvgIpc) is 3.31. The number of aromatic nitrogens is 4. The zero-order valence-corrected chi connectivity index (χ0v) is 17.7. The second-order valence-corrected chi connectivity index (χ2v) is 7.87. The molecule has 4 aromatic rings. The first-order chi connectivity index (χ1) is 16.1. The fourth-order valence-corrected chi connectivity index (χ4v) is 3.86. The molecule has 2 aromatic heterocycles. The number of benzene rings is 2. The zero-order chi connectivity index (χ0) is 22.8. The van der Waals surface area contributed by atoms with Crippen LogP contribution in [0.5, 0.6) is 0 Å². The Morgan fingerprint density at radius 1 is 1.06 bits per heavy atom. The molecule has 0 unspecified atom stereocenters. The molecule has 3 heterocycles. The Morgan fingerprint density at radius 3 is 2.64 bits per heavy atom. The summed E-state index contributed by atoms with van der Waals surface area (Å²) in [5.74, 6) is 0.376. The molecule has 1 saturated heterocycles. The second kappa shape index (κ2) is 8.91. The van der Waals surface area contributed by atoms with Crippen LogP contribution in [-0.4, -0.2) is 61.6 Å². The van der Waals surface area contributed by atoms with Crippen molar-refractivity contribution in [3.63, 3.8) is 0 Å². The van der Waals surface area contributed by atoms with Crippen molar-refractivity contribution in [3.05, 3.63) is 76.9 Å². The molecule has 0 atom stereocenters. The molecular formula is C23H21FN6O3.